The normalized spacial score (nSPS) is 17.8. The maximum atomic E-state index is 13.1. The molecule has 1 aliphatic rings. The van der Waals surface area contributed by atoms with E-state index in [0.29, 0.717) is 6.42 Å². The van der Waals surface area contributed by atoms with Crippen LogP contribution in [0.1, 0.15) is 26.2 Å². The second-order valence-corrected chi connectivity index (χ2v) is 6.14. The molecule has 2 aromatic carbocycles. The fourth-order valence-corrected chi connectivity index (χ4v) is 3.44. The highest BCUT2D eigenvalue weighted by Crippen LogP contribution is 2.31. The van der Waals surface area contributed by atoms with Crippen LogP contribution in [0.3, 0.4) is 0 Å². The number of halogens is 1. The number of amides is 1. The summed E-state index contributed by atoms with van der Waals surface area (Å²) in [5, 5.41) is 5.38. The van der Waals surface area contributed by atoms with Crippen molar-refractivity contribution in [2.45, 2.75) is 32.2 Å². The molecule has 1 atom stereocenters. The largest absolute Gasteiger partial charge is 0.309 e. The minimum atomic E-state index is -0.268. The highest BCUT2D eigenvalue weighted by molar-refractivity contribution is 5.98. The summed E-state index contributed by atoms with van der Waals surface area (Å²) in [5.41, 5.74) is 2.67. The summed E-state index contributed by atoms with van der Waals surface area (Å²) in [6, 6.07) is 12.5. The number of carbonyl (C=O) groups is 1. The molecule has 1 saturated heterocycles. The molecule has 1 fully saturated rings. The van der Waals surface area contributed by atoms with E-state index in [1.807, 2.05) is 23.1 Å². The molecule has 5 heteroatoms. The topological polar surface area (TPSA) is 38.1 Å². The molecule has 0 aliphatic carbocycles. The van der Waals surface area contributed by atoms with Gasteiger partial charge in [-0.2, -0.15) is 5.10 Å². The van der Waals surface area contributed by atoms with Gasteiger partial charge in [0.2, 0.25) is 5.91 Å². The summed E-state index contributed by atoms with van der Waals surface area (Å²) in [5.74, 6) is -0.0808. The van der Waals surface area contributed by atoms with Crippen molar-refractivity contribution in [3.05, 3.63) is 54.5 Å². The van der Waals surface area contributed by atoms with E-state index in [2.05, 4.69) is 12.0 Å². The quantitative estimate of drug-likeness (QED) is 0.729. The summed E-state index contributed by atoms with van der Waals surface area (Å²) in [6.45, 7) is 2.11. The summed E-state index contributed by atoms with van der Waals surface area (Å²) in [7, 11) is 0. The van der Waals surface area contributed by atoms with E-state index in [-0.39, 0.29) is 17.8 Å². The first-order chi connectivity index (χ1) is 11.7. The van der Waals surface area contributed by atoms with Crippen LogP contribution in [0, 0.1) is 5.82 Å². The molecule has 1 aromatic heterocycles. The second-order valence-electron chi connectivity index (χ2n) is 6.14. The first-order valence-electron chi connectivity index (χ1n) is 8.23. The van der Waals surface area contributed by atoms with E-state index in [0.717, 1.165) is 35.1 Å². The Kier molecular flexibility index (Phi) is 3.56. The minimum absolute atomic E-state index is 0.187. The van der Waals surface area contributed by atoms with Crippen molar-refractivity contribution in [3.63, 3.8) is 0 Å². The fourth-order valence-electron chi connectivity index (χ4n) is 3.44. The lowest BCUT2D eigenvalue weighted by atomic mass is 10.1. The third-order valence-electron chi connectivity index (χ3n) is 4.70. The number of nitrogens with zero attached hydrogens (tertiary/aromatic N) is 3. The first-order valence-corrected chi connectivity index (χ1v) is 8.23. The van der Waals surface area contributed by atoms with Gasteiger partial charge in [-0.25, -0.2) is 9.07 Å². The molecule has 1 unspecified atom stereocenters. The number of aromatic nitrogens is 2. The van der Waals surface area contributed by atoms with Crippen molar-refractivity contribution in [3.8, 4) is 5.69 Å². The molecule has 1 amide bonds. The molecule has 0 saturated carbocycles. The van der Waals surface area contributed by atoms with E-state index < -0.39 is 0 Å². The van der Waals surface area contributed by atoms with Gasteiger partial charge in [0.1, 0.15) is 5.82 Å². The number of fused-ring (bicyclic) bond motifs is 1. The Balaban J connectivity index is 1.75. The van der Waals surface area contributed by atoms with Crippen molar-refractivity contribution >= 4 is 22.5 Å². The van der Waals surface area contributed by atoms with Gasteiger partial charge in [0.25, 0.3) is 0 Å². The van der Waals surface area contributed by atoms with Crippen LogP contribution in [0.15, 0.2) is 48.7 Å². The molecule has 3 aromatic rings. The number of rotatable bonds is 3. The zero-order valence-corrected chi connectivity index (χ0v) is 13.4. The zero-order chi connectivity index (χ0) is 16.7. The second kappa shape index (κ2) is 5.74. The maximum absolute atomic E-state index is 13.1. The van der Waals surface area contributed by atoms with Crippen LogP contribution >= 0.6 is 0 Å². The molecule has 4 nitrogen and oxygen atoms in total. The first kappa shape index (κ1) is 14.9. The van der Waals surface area contributed by atoms with Crippen molar-refractivity contribution in [2.75, 3.05) is 4.90 Å². The highest BCUT2D eigenvalue weighted by atomic mass is 19.1. The van der Waals surface area contributed by atoms with Crippen LogP contribution in [0.4, 0.5) is 10.1 Å². The van der Waals surface area contributed by atoms with Crippen LogP contribution in [0.25, 0.3) is 16.6 Å². The van der Waals surface area contributed by atoms with Crippen molar-refractivity contribution in [2.24, 2.45) is 0 Å². The fraction of sp³-hybridized carbons (Fsp3) is 0.263. The minimum Gasteiger partial charge on any atom is -0.309 e. The Morgan fingerprint density at radius 1 is 1.17 bits per heavy atom. The lowest BCUT2D eigenvalue weighted by molar-refractivity contribution is -0.117. The number of hydrogen-bond acceptors (Lipinski definition) is 2. The van der Waals surface area contributed by atoms with Gasteiger partial charge >= 0.3 is 0 Å². The molecule has 0 N–H and O–H groups in total. The summed E-state index contributed by atoms with van der Waals surface area (Å²) >= 11 is 0. The van der Waals surface area contributed by atoms with Crippen LogP contribution in [0.5, 0.6) is 0 Å². The lowest BCUT2D eigenvalue weighted by Gasteiger charge is -2.24. The van der Waals surface area contributed by atoms with Gasteiger partial charge in [-0.05, 0) is 55.3 Å². The molecular formula is C19H18FN3O. The molecule has 4 rings (SSSR count). The molecule has 1 aliphatic heterocycles. The third kappa shape index (κ3) is 2.37. The van der Waals surface area contributed by atoms with E-state index in [4.69, 9.17) is 0 Å². The van der Waals surface area contributed by atoms with E-state index in [9.17, 15) is 9.18 Å². The van der Waals surface area contributed by atoms with Crippen LogP contribution in [-0.4, -0.2) is 21.7 Å². The van der Waals surface area contributed by atoms with Gasteiger partial charge in [-0.3, -0.25) is 4.79 Å². The Labute approximate surface area is 139 Å². The van der Waals surface area contributed by atoms with Crippen molar-refractivity contribution in [1.29, 1.82) is 0 Å². The maximum Gasteiger partial charge on any atom is 0.227 e. The van der Waals surface area contributed by atoms with Gasteiger partial charge < -0.3 is 4.90 Å². The van der Waals surface area contributed by atoms with Gasteiger partial charge in [-0.1, -0.05) is 6.92 Å². The lowest BCUT2D eigenvalue weighted by Crippen LogP contribution is -2.32. The predicted octanol–water partition coefficient (Wildman–Crippen LogP) is 4.07. The van der Waals surface area contributed by atoms with E-state index in [1.54, 1.807) is 23.0 Å². The Hall–Kier alpha value is -2.69. The molecule has 122 valence electrons. The number of benzene rings is 2. The SMILES string of the molecule is CCC1CCC(=O)N1c1ccc2c(cnn2-c2ccc(F)cc2)c1. The predicted molar refractivity (Wildman–Crippen MR) is 91.8 cm³/mol. The van der Waals surface area contributed by atoms with Gasteiger partial charge in [0, 0.05) is 23.5 Å². The smallest absolute Gasteiger partial charge is 0.227 e. The summed E-state index contributed by atoms with van der Waals surface area (Å²) in [4.78, 5) is 14.1. The number of anilines is 1. The molecular weight excluding hydrogens is 305 g/mol. The van der Waals surface area contributed by atoms with Gasteiger partial charge in [-0.15, -0.1) is 0 Å². The Morgan fingerprint density at radius 3 is 2.67 bits per heavy atom. The zero-order valence-electron chi connectivity index (χ0n) is 13.4. The summed E-state index contributed by atoms with van der Waals surface area (Å²) in [6.07, 6.45) is 4.27. The van der Waals surface area contributed by atoms with Gasteiger partial charge in [0.05, 0.1) is 17.4 Å². The molecule has 24 heavy (non-hydrogen) atoms. The van der Waals surface area contributed by atoms with E-state index >= 15 is 0 Å². The molecule has 0 radical (unpaired) electrons. The van der Waals surface area contributed by atoms with E-state index in [1.165, 1.54) is 12.1 Å². The molecule has 0 bridgehead atoms. The third-order valence-corrected chi connectivity index (χ3v) is 4.70. The molecule has 0 spiro atoms. The van der Waals surface area contributed by atoms with Crippen molar-refractivity contribution < 1.29 is 9.18 Å². The molecule has 2 heterocycles. The Bertz CT molecular complexity index is 901. The average Bonchev–Trinajstić information content (AvgIpc) is 3.18. The number of hydrogen-bond donors (Lipinski definition) is 0. The average molecular weight is 323 g/mol. The summed E-state index contributed by atoms with van der Waals surface area (Å²) < 4.78 is 14.9. The van der Waals surface area contributed by atoms with Crippen molar-refractivity contribution in [1.82, 2.24) is 9.78 Å². The van der Waals surface area contributed by atoms with Crippen LogP contribution in [0.2, 0.25) is 0 Å². The standard InChI is InChI=1S/C19H18FN3O/c1-2-15-8-10-19(24)22(15)17-7-9-18-13(11-17)12-21-23(18)16-5-3-14(20)4-6-16/h3-7,9,11-12,15H,2,8,10H2,1H3. The monoisotopic (exact) mass is 323 g/mol. The van der Waals surface area contributed by atoms with Crippen LogP contribution in [-0.2, 0) is 4.79 Å². The van der Waals surface area contributed by atoms with Gasteiger partial charge in [0.15, 0.2) is 0 Å². The highest BCUT2D eigenvalue weighted by Gasteiger charge is 2.30. The Morgan fingerprint density at radius 2 is 1.92 bits per heavy atom. The van der Waals surface area contributed by atoms with Crippen LogP contribution < -0.4 is 4.90 Å². The number of carbonyl (C=O) groups excluding carboxylic acids is 1.